The van der Waals surface area contributed by atoms with Gasteiger partial charge in [0.25, 0.3) is 5.91 Å². The molecule has 2 aromatic carbocycles. The Bertz CT molecular complexity index is 862. The van der Waals surface area contributed by atoms with Crippen LogP contribution in [0.4, 0.5) is 0 Å². The fourth-order valence-corrected chi connectivity index (χ4v) is 3.03. The van der Waals surface area contributed by atoms with Crippen LogP contribution in [0.1, 0.15) is 27.0 Å². The number of nitrogens with one attached hydrogen (secondary N) is 1. The average Bonchev–Trinajstić information content (AvgIpc) is 3.13. The lowest BCUT2D eigenvalue weighted by atomic mass is 10.1. The summed E-state index contributed by atoms with van der Waals surface area (Å²) in [4.78, 5) is 17.5. The number of hydrogen-bond acceptors (Lipinski definition) is 4. The number of aromatic nitrogens is 3. The molecule has 6 heteroatoms. The number of thioether (sulfide) groups is 1. The molecule has 1 N–H and O–H groups in total. The molecule has 0 bridgehead atoms. The second-order valence-electron chi connectivity index (χ2n) is 5.78. The van der Waals surface area contributed by atoms with Gasteiger partial charge in [0.05, 0.1) is 6.54 Å². The second kappa shape index (κ2) is 7.98. The highest BCUT2D eigenvalue weighted by atomic mass is 32.2. The molecule has 0 saturated heterocycles. The Kier molecular flexibility index (Phi) is 5.50. The van der Waals surface area contributed by atoms with Gasteiger partial charge in [0.1, 0.15) is 12.7 Å². The van der Waals surface area contributed by atoms with E-state index in [1.54, 1.807) is 22.8 Å². The molecule has 0 fully saturated rings. The van der Waals surface area contributed by atoms with E-state index in [0.717, 1.165) is 27.1 Å². The number of hydrogen-bond donors (Lipinski definition) is 1. The van der Waals surface area contributed by atoms with Crippen LogP contribution in [0.3, 0.4) is 0 Å². The van der Waals surface area contributed by atoms with Crippen LogP contribution in [0, 0.1) is 6.92 Å². The maximum absolute atomic E-state index is 12.5. The third-order valence-electron chi connectivity index (χ3n) is 3.94. The molecule has 0 aliphatic carbocycles. The molecule has 3 rings (SSSR count). The number of benzene rings is 2. The van der Waals surface area contributed by atoms with Crippen molar-refractivity contribution in [2.75, 3.05) is 6.26 Å². The molecule has 0 radical (unpaired) electrons. The summed E-state index contributed by atoms with van der Waals surface area (Å²) in [6, 6.07) is 14.1. The summed E-state index contributed by atoms with van der Waals surface area (Å²) >= 11 is 1.63. The lowest BCUT2D eigenvalue weighted by Gasteiger charge is -2.10. The molecular formula is C19H20N4OS. The first-order valence-corrected chi connectivity index (χ1v) is 9.21. The molecule has 1 aromatic heterocycles. The van der Waals surface area contributed by atoms with Crippen LogP contribution in [0.2, 0.25) is 0 Å². The zero-order valence-electron chi connectivity index (χ0n) is 14.3. The van der Waals surface area contributed by atoms with Gasteiger partial charge in [-0.1, -0.05) is 30.3 Å². The molecule has 0 spiro atoms. The van der Waals surface area contributed by atoms with Crippen molar-refractivity contribution < 1.29 is 4.79 Å². The van der Waals surface area contributed by atoms with E-state index in [9.17, 15) is 4.79 Å². The van der Waals surface area contributed by atoms with Crippen molar-refractivity contribution in [2.24, 2.45) is 0 Å². The molecule has 1 heterocycles. The minimum absolute atomic E-state index is 0.0462. The maximum Gasteiger partial charge on any atom is 0.251 e. The van der Waals surface area contributed by atoms with Crippen molar-refractivity contribution in [2.45, 2.75) is 24.9 Å². The van der Waals surface area contributed by atoms with Gasteiger partial charge in [-0.05, 0) is 42.0 Å². The lowest BCUT2D eigenvalue weighted by Crippen LogP contribution is -2.23. The first-order chi connectivity index (χ1) is 12.2. The molecule has 1 amide bonds. The van der Waals surface area contributed by atoms with Crippen LogP contribution in [-0.4, -0.2) is 26.9 Å². The van der Waals surface area contributed by atoms with E-state index in [-0.39, 0.29) is 5.91 Å². The smallest absolute Gasteiger partial charge is 0.251 e. The summed E-state index contributed by atoms with van der Waals surface area (Å²) in [5, 5.41) is 7.13. The fourth-order valence-electron chi connectivity index (χ4n) is 2.59. The topological polar surface area (TPSA) is 59.8 Å². The van der Waals surface area contributed by atoms with Crippen LogP contribution >= 0.6 is 11.8 Å². The minimum atomic E-state index is -0.0462. The molecule has 0 unspecified atom stereocenters. The molecule has 25 heavy (non-hydrogen) atoms. The van der Waals surface area contributed by atoms with E-state index in [1.165, 1.54) is 6.33 Å². The number of rotatable bonds is 6. The van der Waals surface area contributed by atoms with Gasteiger partial charge in [0.2, 0.25) is 0 Å². The van der Waals surface area contributed by atoms with Gasteiger partial charge in [-0.2, -0.15) is 5.10 Å². The van der Waals surface area contributed by atoms with Gasteiger partial charge in [-0.3, -0.25) is 4.79 Å². The highest BCUT2D eigenvalue weighted by Gasteiger charge is 2.10. The third kappa shape index (κ3) is 4.48. The summed E-state index contributed by atoms with van der Waals surface area (Å²) < 4.78 is 1.77. The van der Waals surface area contributed by atoms with E-state index in [1.807, 2.05) is 49.6 Å². The third-order valence-corrected chi connectivity index (χ3v) is 4.67. The fraction of sp³-hybridized carbons (Fsp3) is 0.211. The number of aryl methyl sites for hydroxylation is 1. The van der Waals surface area contributed by atoms with Gasteiger partial charge in [-0.25, -0.2) is 9.67 Å². The standard InChI is InChI=1S/C19H20N4OS/c1-14-6-7-17(25-2)9-18(14)19(24)21-10-15-4-3-5-16(8-15)11-23-13-20-12-22-23/h3-9,12-13H,10-11H2,1-2H3,(H,21,24). The number of carbonyl (C=O) groups is 1. The van der Waals surface area contributed by atoms with Gasteiger partial charge in [-0.15, -0.1) is 11.8 Å². The molecule has 128 valence electrons. The highest BCUT2D eigenvalue weighted by Crippen LogP contribution is 2.19. The largest absolute Gasteiger partial charge is 0.348 e. The Labute approximate surface area is 151 Å². The van der Waals surface area contributed by atoms with Gasteiger partial charge in [0.15, 0.2) is 0 Å². The minimum Gasteiger partial charge on any atom is -0.348 e. The first-order valence-electron chi connectivity index (χ1n) is 7.99. The maximum atomic E-state index is 12.5. The van der Waals surface area contributed by atoms with E-state index in [0.29, 0.717) is 13.1 Å². The summed E-state index contributed by atoms with van der Waals surface area (Å²) in [5.41, 5.74) is 3.89. The van der Waals surface area contributed by atoms with Crippen molar-refractivity contribution in [1.29, 1.82) is 0 Å². The predicted molar refractivity (Wildman–Crippen MR) is 99.7 cm³/mol. The monoisotopic (exact) mass is 352 g/mol. The molecular weight excluding hydrogens is 332 g/mol. The summed E-state index contributed by atoms with van der Waals surface area (Å²) in [5.74, 6) is -0.0462. The molecule has 0 atom stereocenters. The van der Waals surface area contributed by atoms with E-state index < -0.39 is 0 Å². The van der Waals surface area contributed by atoms with Gasteiger partial charge >= 0.3 is 0 Å². The lowest BCUT2D eigenvalue weighted by molar-refractivity contribution is 0.0950. The van der Waals surface area contributed by atoms with Crippen molar-refractivity contribution in [3.05, 3.63) is 77.4 Å². The number of nitrogens with zero attached hydrogens (tertiary/aromatic N) is 3. The number of carbonyl (C=O) groups excluding carboxylic acids is 1. The van der Waals surface area contributed by atoms with E-state index in [4.69, 9.17) is 0 Å². The van der Waals surface area contributed by atoms with Crippen LogP contribution < -0.4 is 5.32 Å². The Morgan fingerprint density at radius 3 is 2.80 bits per heavy atom. The van der Waals surface area contributed by atoms with E-state index in [2.05, 4.69) is 21.5 Å². The Balaban J connectivity index is 1.66. The number of amides is 1. The Hall–Kier alpha value is -2.60. The average molecular weight is 352 g/mol. The SMILES string of the molecule is CSc1ccc(C)c(C(=O)NCc2cccc(Cn3cncn3)c2)c1. The predicted octanol–water partition coefficient (Wildman–Crippen LogP) is 3.29. The van der Waals surface area contributed by atoms with Crippen LogP contribution in [0.15, 0.2) is 60.0 Å². The zero-order chi connectivity index (χ0) is 17.6. The normalized spacial score (nSPS) is 10.6. The summed E-state index contributed by atoms with van der Waals surface area (Å²) in [6.07, 6.45) is 5.22. The van der Waals surface area contributed by atoms with Crippen molar-refractivity contribution in [3.63, 3.8) is 0 Å². The van der Waals surface area contributed by atoms with Crippen LogP contribution in [0.25, 0.3) is 0 Å². The van der Waals surface area contributed by atoms with Crippen LogP contribution in [0.5, 0.6) is 0 Å². The molecule has 5 nitrogen and oxygen atoms in total. The highest BCUT2D eigenvalue weighted by molar-refractivity contribution is 7.98. The Morgan fingerprint density at radius 2 is 2.04 bits per heavy atom. The van der Waals surface area contributed by atoms with E-state index >= 15 is 0 Å². The molecule has 0 aliphatic heterocycles. The zero-order valence-corrected chi connectivity index (χ0v) is 15.1. The molecule has 0 saturated carbocycles. The summed E-state index contributed by atoms with van der Waals surface area (Å²) in [7, 11) is 0. The van der Waals surface area contributed by atoms with Gasteiger partial charge in [0, 0.05) is 17.0 Å². The van der Waals surface area contributed by atoms with Gasteiger partial charge < -0.3 is 5.32 Å². The molecule has 0 aliphatic rings. The second-order valence-corrected chi connectivity index (χ2v) is 6.66. The quantitative estimate of drug-likeness (QED) is 0.692. The Morgan fingerprint density at radius 1 is 1.20 bits per heavy atom. The van der Waals surface area contributed by atoms with Crippen molar-refractivity contribution in [1.82, 2.24) is 20.1 Å². The van der Waals surface area contributed by atoms with Crippen molar-refractivity contribution >= 4 is 17.7 Å². The molecule has 3 aromatic rings. The summed E-state index contributed by atoms with van der Waals surface area (Å²) in [6.45, 7) is 3.11. The first kappa shape index (κ1) is 17.2. The van der Waals surface area contributed by atoms with Crippen molar-refractivity contribution in [3.8, 4) is 0 Å². The van der Waals surface area contributed by atoms with Crippen LogP contribution in [-0.2, 0) is 13.1 Å².